The Kier molecular flexibility index (Phi) is 5.76. The largest absolute Gasteiger partial charge is 0.494 e. The molecule has 0 N–H and O–H groups in total. The lowest BCUT2D eigenvalue weighted by Crippen LogP contribution is -2.05. The van der Waals surface area contributed by atoms with Crippen molar-refractivity contribution in [2.75, 3.05) is 20.3 Å². The van der Waals surface area contributed by atoms with E-state index in [1.165, 1.54) is 0 Å². The normalized spacial score (nSPS) is 14.7. The molecule has 0 fully saturated rings. The molecule has 2 aromatic rings. The van der Waals surface area contributed by atoms with E-state index in [4.69, 9.17) is 18.9 Å². The molecule has 0 unspecified atom stereocenters. The number of cyclic esters (lactones) is 1. The summed E-state index contributed by atoms with van der Waals surface area (Å²) in [5.41, 5.74) is 1.70. The van der Waals surface area contributed by atoms with Crippen LogP contribution in [0.4, 0.5) is 0 Å². The third-order valence-corrected chi connectivity index (χ3v) is 3.82. The van der Waals surface area contributed by atoms with Crippen molar-refractivity contribution in [1.29, 1.82) is 0 Å². The second kappa shape index (κ2) is 8.40. The van der Waals surface area contributed by atoms with Gasteiger partial charge < -0.3 is 18.9 Å². The summed E-state index contributed by atoms with van der Waals surface area (Å²) in [5.74, 6) is 1.77. The minimum Gasteiger partial charge on any atom is -0.494 e. The number of benzene rings is 2. The van der Waals surface area contributed by atoms with Gasteiger partial charge in [-0.1, -0.05) is 6.07 Å². The number of carbonyl (C=O) groups excluding carboxylic acids is 1. The van der Waals surface area contributed by atoms with Crippen LogP contribution in [0.5, 0.6) is 17.2 Å². The first-order valence-corrected chi connectivity index (χ1v) is 8.71. The molecule has 6 heteroatoms. The average molecular weight is 367 g/mol. The van der Waals surface area contributed by atoms with Crippen molar-refractivity contribution < 1.29 is 23.7 Å². The second-order valence-electron chi connectivity index (χ2n) is 5.64. The smallest absolute Gasteiger partial charge is 0.363 e. The Morgan fingerprint density at radius 2 is 1.74 bits per heavy atom. The third-order valence-electron chi connectivity index (χ3n) is 3.82. The number of ether oxygens (including phenoxy) is 4. The predicted octanol–water partition coefficient (Wildman–Crippen LogP) is 3.84. The van der Waals surface area contributed by atoms with Crippen LogP contribution in [0.15, 0.2) is 53.2 Å². The van der Waals surface area contributed by atoms with Crippen LogP contribution in [0, 0.1) is 0 Å². The summed E-state index contributed by atoms with van der Waals surface area (Å²) in [4.78, 5) is 16.5. The fraction of sp³-hybridized carbons (Fsp3) is 0.238. The lowest BCUT2D eigenvalue weighted by molar-refractivity contribution is -0.129. The highest BCUT2D eigenvalue weighted by Gasteiger charge is 2.24. The lowest BCUT2D eigenvalue weighted by Gasteiger charge is -2.09. The van der Waals surface area contributed by atoms with Gasteiger partial charge in [-0.25, -0.2) is 9.79 Å². The van der Waals surface area contributed by atoms with Crippen LogP contribution in [-0.4, -0.2) is 32.2 Å². The molecule has 27 heavy (non-hydrogen) atoms. The van der Waals surface area contributed by atoms with Crippen molar-refractivity contribution in [3.63, 3.8) is 0 Å². The van der Waals surface area contributed by atoms with Crippen molar-refractivity contribution in [3.8, 4) is 17.2 Å². The monoisotopic (exact) mass is 367 g/mol. The van der Waals surface area contributed by atoms with Crippen molar-refractivity contribution >= 4 is 17.9 Å². The van der Waals surface area contributed by atoms with E-state index in [2.05, 4.69) is 4.99 Å². The summed E-state index contributed by atoms with van der Waals surface area (Å²) < 4.78 is 21.5. The third kappa shape index (κ3) is 4.28. The van der Waals surface area contributed by atoms with Crippen molar-refractivity contribution in [2.24, 2.45) is 4.99 Å². The van der Waals surface area contributed by atoms with Gasteiger partial charge >= 0.3 is 5.97 Å². The average Bonchev–Trinajstić information content (AvgIpc) is 3.04. The number of methoxy groups -OCH3 is 1. The zero-order valence-electron chi connectivity index (χ0n) is 15.5. The van der Waals surface area contributed by atoms with Crippen LogP contribution in [0.1, 0.15) is 25.0 Å². The summed E-state index contributed by atoms with van der Waals surface area (Å²) in [5, 5.41) is 0. The Hall–Kier alpha value is -3.28. The van der Waals surface area contributed by atoms with Gasteiger partial charge in [-0.3, -0.25) is 0 Å². The van der Waals surface area contributed by atoms with Gasteiger partial charge in [0.05, 0.1) is 20.3 Å². The molecule has 0 radical (unpaired) electrons. The molecule has 0 saturated carbocycles. The molecular formula is C21H21NO5. The highest BCUT2D eigenvalue weighted by atomic mass is 16.6. The molecule has 0 spiro atoms. The Morgan fingerprint density at radius 3 is 2.41 bits per heavy atom. The van der Waals surface area contributed by atoms with E-state index in [1.807, 2.05) is 32.0 Å². The van der Waals surface area contributed by atoms with E-state index in [0.717, 1.165) is 11.3 Å². The molecule has 0 atom stereocenters. The Bertz CT molecular complexity index is 884. The summed E-state index contributed by atoms with van der Waals surface area (Å²) in [6, 6.07) is 12.7. The summed E-state index contributed by atoms with van der Waals surface area (Å²) in [7, 11) is 1.58. The van der Waals surface area contributed by atoms with E-state index >= 15 is 0 Å². The molecule has 1 heterocycles. The van der Waals surface area contributed by atoms with Crippen LogP contribution in [-0.2, 0) is 9.53 Å². The number of rotatable bonds is 7. The van der Waals surface area contributed by atoms with Gasteiger partial charge in [-0.15, -0.1) is 0 Å². The van der Waals surface area contributed by atoms with Crippen LogP contribution in [0.25, 0.3) is 6.08 Å². The maximum Gasteiger partial charge on any atom is 0.363 e. The SMILES string of the molecule is CCOc1ccc(C2=N/C(=C\c3ccc(OC)c(OCC)c3)C(=O)O2)cc1. The Morgan fingerprint density at radius 1 is 1.00 bits per heavy atom. The lowest BCUT2D eigenvalue weighted by atomic mass is 10.1. The molecule has 0 saturated heterocycles. The van der Waals surface area contributed by atoms with E-state index < -0.39 is 5.97 Å². The van der Waals surface area contributed by atoms with Crippen LogP contribution in [0.2, 0.25) is 0 Å². The van der Waals surface area contributed by atoms with E-state index in [9.17, 15) is 4.79 Å². The Balaban J connectivity index is 1.86. The number of hydrogen-bond acceptors (Lipinski definition) is 6. The topological polar surface area (TPSA) is 66.3 Å². The van der Waals surface area contributed by atoms with Crippen LogP contribution < -0.4 is 14.2 Å². The fourth-order valence-electron chi connectivity index (χ4n) is 2.60. The first-order valence-electron chi connectivity index (χ1n) is 8.71. The molecule has 140 valence electrons. The van der Waals surface area contributed by atoms with Crippen LogP contribution >= 0.6 is 0 Å². The molecule has 1 aliphatic heterocycles. The zero-order chi connectivity index (χ0) is 19.2. The predicted molar refractivity (Wildman–Crippen MR) is 102 cm³/mol. The highest BCUT2D eigenvalue weighted by molar-refractivity contribution is 6.12. The van der Waals surface area contributed by atoms with Crippen LogP contribution in [0.3, 0.4) is 0 Å². The second-order valence-corrected chi connectivity index (χ2v) is 5.64. The van der Waals surface area contributed by atoms with Gasteiger partial charge in [0.2, 0.25) is 5.90 Å². The van der Waals surface area contributed by atoms with Crippen molar-refractivity contribution in [3.05, 3.63) is 59.3 Å². The number of aliphatic imine (C=N–C) groups is 1. The zero-order valence-corrected chi connectivity index (χ0v) is 15.5. The van der Waals surface area contributed by atoms with Crippen molar-refractivity contribution in [2.45, 2.75) is 13.8 Å². The molecule has 0 aromatic heterocycles. The minimum atomic E-state index is -0.493. The minimum absolute atomic E-state index is 0.228. The molecule has 0 amide bonds. The molecule has 0 bridgehead atoms. The molecule has 3 rings (SSSR count). The van der Waals surface area contributed by atoms with Gasteiger partial charge in [0.15, 0.2) is 17.2 Å². The van der Waals surface area contributed by atoms with Gasteiger partial charge in [0, 0.05) is 5.56 Å². The standard InChI is InChI=1S/C21H21NO5/c1-4-25-16-9-7-15(8-10-16)20-22-17(21(23)27-20)12-14-6-11-18(24-3)19(13-14)26-5-2/h6-13H,4-5H2,1-3H3/b17-12-. The molecule has 0 aliphatic carbocycles. The summed E-state index contributed by atoms with van der Waals surface area (Å²) in [6.07, 6.45) is 1.66. The first kappa shape index (κ1) is 18.5. The van der Waals surface area contributed by atoms with E-state index in [0.29, 0.717) is 30.3 Å². The van der Waals surface area contributed by atoms with E-state index in [1.54, 1.807) is 37.5 Å². The number of esters is 1. The summed E-state index contributed by atoms with van der Waals surface area (Å²) >= 11 is 0. The van der Waals surface area contributed by atoms with Gasteiger partial charge in [-0.05, 0) is 61.9 Å². The Labute approximate surface area is 158 Å². The number of nitrogens with zero attached hydrogens (tertiary/aromatic N) is 1. The molecule has 6 nitrogen and oxygen atoms in total. The van der Waals surface area contributed by atoms with E-state index in [-0.39, 0.29) is 11.6 Å². The summed E-state index contributed by atoms with van der Waals surface area (Å²) in [6.45, 7) is 4.92. The molecule has 2 aromatic carbocycles. The number of hydrogen-bond donors (Lipinski definition) is 0. The van der Waals surface area contributed by atoms with Gasteiger partial charge in [0.1, 0.15) is 5.75 Å². The number of carbonyl (C=O) groups is 1. The maximum atomic E-state index is 12.2. The van der Waals surface area contributed by atoms with Gasteiger partial charge in [-0.2, -0.15) is 0 Å². The quantitative estimate of drug-likeness (QED) is 0.549. The maximum absolute atomic E-state index is 12.2. The fourth-order valence-corrected chi connectivity index (χ4v) is 2.60. The highest BCUT2D eigenvalue weighted by Crippen LogP contribution is 2.29. The van der Waals surface area contributed by atoms with Crippen molar-refractivity contribution in [1.82, 2.24) is 0 Å². The van der Waals surface area contributed by atoms with Gasteiger partial charge in [0.25, 0.3) is 0 Å². The molecular weight excluding hydrogens is 346 g/mol. The first-order chi connectivity index (χ1) is 13.1. The molecule has 1 aliphatic rings.